The minimum atomic E-state index is 0.690. The van der Waals surface area contributed by atoms with Crippen LogP contribution in [0, 0.1) is 6.92 Å². The second-order valence-electron chi connectivity index (χ2n) is 16.8. The van der Waals surface area contributed by atoms with Crippen LogP contribution in [0.15, 0.2) is 224 Å². The molecule has 2 aromatic heterocycles. The van der Waals surface area contributed by atoms with Crippen molar-refractivity contribution in [3.05, 3.63) is 241 Å². The molecule has 9 aromatic carbocycles. The Morgan fingerprint density at radius 2 is 1.00 bits per heavy atom. The number of para-hydroxylation sites is 3. The second kappa shape index (κ2) is 16.4. The lowest BCUT2D eigenvalue weighted by Gasteiger charge is -2.28. The molecule has 1 aliphatic rings. The van der Waals surface area contributed by atoms with Gasteiger partial charge in [-0.15, -0.1) is 0 Å². The van der Waals surface area contributed by atoms with Crippen LogP contribution in [0.1, 0.15) is 16.7 Å². The first-order chi connectivity index (χ1) is 32.6. The van der Waals surface area contributed by atoms with Crippen LogP contribution in [0.5, 0.6) is 0 Å². The Bertz CT molecular complexity index is 3560. The van der Waals surface area contributed by atoms with Crippen LogP contribution in [-0.2, 0) is 0 Å². The van der Waals surface area contributed by atoms with E-state index in [0.717, 1.165) is 90.0 Å². The van der Waals surface area contributed by atoms with Gasteiger partial charge in [-0.05, 0) is 108 Å². The van der Waals surface area contributed by atoms with Crippen molar-refractivity contribution in [2.45, 2.75) is 6.92 Å². The van der Waals surface area contributed by atoms with E-state index in [0.29, 0.717) is 5.82 Å². The van der Waals surface area contributed by atoms with Gasteiger partial charge < -0.3 is 14.8 Å². The average Bonchev–Trinajstić information content (AvgIpc) is 3.61. The predicted molar refractivity (Wildman–Crippen MR) is 276 cm³/mol. The van der Waals surface area contributed by atoms with E-state index < -0.39 is 0 Å². The Kier molecular flexibility index (Phi) is 9.65. The zero-order valence-corrected chi connectivity index (χ0v) is 36.3. The summed E-state index contributed by atoms with van der Waals surface area (Å²) in [6.45, 7) is 2.15. The molecule has 5 nitrogen and oxygen atoms in total. The molecule has 0 aliphatic carbocycles. The lowest BCUT2D eigenvalue weighted by atomic mass is 9.98. The van der Waals surface area contributed by atoms with E-state index in [-0.39, 0.29) is 0 Å². The molecule has 12 rings (SSSR count). The number of hydrogen-bond acceptors (Lipinski definition) is 4. The predicted octanol–water partition coefficient (Wildman–Crippen LogP) is 16.2. The average molecular weight is 846 g/mol. The lowest BCUT2D eigenvalue weighted by molar-refractivity contribution is 1.18. The van der Waals surface area contributed by atoms with E-state index in [2.05, 4.69) is 228 Å². The van der Waals surface area contributed by atoms with E-state index >= 15 is 0 Å². The van der Waals surface area contributed by atoms with Crippen LogP contribution >= 0.6 is 0 Å². The SMILES string of the molecule is Cc1ccc(-c2ccc3c(c2)C=Cc2cc4c(cc2N3c2cccc(-c3cc(-c5ccccc5)nc(-c5ccccc5)n3)c2)c2ccccc2n4-c2ccccc2)cc1Nc1ccccc1. The maximum Gasteiger partial charge on any atom is 0.160 e. The quantitative estimate of drug-likeness (QED) is 0.165. The minimum Gasteiger partial charge on any atom is -0.355 e. The van der Waals surface area contributed by atoms with Crippen molar-refractivity contribution in [3.8, 4) is 50.7 Å². The fraction of sp³-hybridized carbons (Fsp3) is 0.0164. The normalized spacial score (nSPS) is 11.9. The summed E-state index contributed by atoms with van der Waals surface area (Å²) in [6.07, 6.45) is 4.57. The van der Waals surface area contributed by atoms with Crippen molar-refractivity contribution in [3.63, 3.8) is 0 Å². The van der Waals surface area contributed by atoms with Crippen LogP contribution < -0.4 is 10.2 Å². The van der Waals surface area contributed by atoms with Gasteiger partial charge in [-0.2, -0.15) is 0 Å². The van der Waals surface area contributed by atoms with Gasteiger partial charge in [0.1, 0.15) is 0 Å². The molecule has 3 heterocycles. The molecule has 0 fully saturated rings. The molecule has 0 saturated heterocycles. The van der Waals surface area contributed by atoms with E-state index in [9.17, 15) is 0 Å². The Morgan fingerprint density at radius 1 is 0.394 bits per heavy atom. The van der Waals surface area contributed by atoms with Crippen LogP contribution in [0.25, 0.3) is 84.7 Å². The van der Waals surface area contributed by atoms with Crippen LogP contribution in [-0.4, -0.2) is 14.5 Å². The Labute approximate surface area is 384 Å². The van der Waals surface area contributed by atoms with E-state index in [1.165, 1.54) is 21.9 Å². The second-order valence-corrected chi connectivity index (χ2v) is 16.8. The highest BCUT2D eigenvalue weighted by molar-refractivity contribution is 6.12. The monoisotopic (exact) mass is 845 g/mol. The third kappa shape index (κ3) is 7.09. The van der Waals surface area contributed by atoms with Gasteiger partial charge in [0, 0.05) is 55.8 Å². The first-order valence-corrected chi connectivity index (χ1v) is 22.4. The van der Waals surface area contributed by atoms with E-state index in [1.54, 1.807) is 0 Å². The molecule has 0 spiro atoms. The number of rotatable bonds is 8. The zero-order chi connectivity index (χ0) is 44.0. The first kappa shape index (κ1) is 38.8. The minimum absolute atomic E-state index is 0.690. The van der Waals surface area contributed by atoms with Gasteiger partial charge in [0.25, 0.3) is 0 Å². The van der Waals surface area contributed by atoms with Crippen molar-refractivity contribution >= 4 is 62.4 Å². The van der Waals surface area contributed by atoms with Gasteiger partial charge in [0.15, 0.2) is 5.82 Å². The first-order valence-electron chi connectivity index (χ1n) is 22.4. The van der Waals surface area contributed by atoms with Gasteiger partial charge in [-0.25, -0.2) is 9.97 Å². The molecule has 0 bridgehead atoms. The number of aromatic nitrogens is 3. The van der Waals surface area contributed by atoms with Crippen LogP contribution in [0.3, 0.4) is 0 Å². The Balaban J connectivity index is 1.05. The van der Waals surface area contributed by atoms with E-state index in [1.807, 2.05) is 30.3 Å². The molecule has 66 heavy (non-hydrogen) atoms. The summed E-state index contributed by atoms with van der Waals surface area (Å²) in [4.78, 5) is 12.8. The number of nitrogens with zero attached hydrogens (tertiary/aromatic N) is 4. The molecule has 1 aliphatic heterocycles. The van der Waals surface area contributed by atoms with Gasteiger partial charge >= 0.3 is 0 Å². The summed E-state index contributed by atoms with van der Waals surface area (Å²) in [7, 11) is 0. The van der Waals surface area contributed by atoms with Gasteiger partial charge in [-0.1, -0.05) is 158 Å². The highest BCUT2D eigenvalue weighted by Gasteiger charge is 2.24. The Hall–Kier alpha value is -8.80. The molecule has 11 aromatic rings. The summed E-state index contributed by atoms with van der Waals surface area (Å²) in [5, 5.41) is 6.05. The third-order valence-electron chi connectivity index (χ3n) is 12.6. The van der Waals surface area contributed by atoms with Crippen molar-refractivity contribution < 1.29 is 0 Å². The number of anilines is 5. The molecule has 0 saturated carbocycles. The fourth-order valence-electron chi connectivity index (χ4n) is 9.35. The molecular weight excluding hydrogens is 803 g/mol. The summed E-state index contributed by atoms with van der Waals surface area (Å²) in [5.74, 6) is 0.690. The van der Waals surface area contributed by atoms with Crippen LogP contribution in [0.4, 0.5) is 28.4 Å². The molecule has 0 radical (unpaired) electrons. The lowest BCUT2D eigenvalue weighted by Crippen LogP contribution is -2.12. The number of fused-ring (bicyclic) bond motifs is 5. The van der Waals surface area contributed by atoms with Crippen molar-refractivity contribution in [2.75, 3.05) is 10.2 Å². The molecule has 0 amide bonds. The third-order valence-corrected chi connectivity index (χ3v) is 12.6. The van der Waals surface area contributed by atoms with Gasteiger partial charge in [-0.3, -0.25) is 0 Å². The summed E-state index contributed by atoms with van der Waals surface area (Å²) in [6, 6.07) is 79.6. The fourth-order valence-corrected chi connectivity index (χ4v) is 9.35. The Morgan fingerprint density at radius 3 is 1.77 bits per heavy atom. The van der Waals surface area contributed by atoms with Crippen molar-refractivity contribution in [1.29, 1.82) is 0 Å². The van der Waals surface area contributed by atoms with Gasteiger partial charge in [0.05, 0.1) is 33.8 Å². The number of benzene rings is 9. The maximum absolute atomic E-state index is 5.23. The van der Waals surface area contributed by atoms with Gasteiger partial charge in [0.2, 0.25) is 0 Å². The van der Waals surface area contributed by atoms with Crippen LogP contribution in [0.2, 0.25) is 0 Å². The highest BCUT2D eigenvalue weighted by atomic mass is 15.1. The molecular formula is C61H43N5. The molecule has 312 valence electrons. The standard InChI is InChI=1S/C61H43N5/c1-41-29-30-45(37-54(41)62-49-22-10-4-11-23-49)44-33-34-57-47(35-44)31-32-48-38-60-53(52-27-14-15-28-58(52)65(60)50-24-12-5-13-25-50)39-59(48)66(57)51-26-16-21-46(36-51)56-40-55(42-17-6-2-7-18-42)63-61(64-56)43-19-8-3-9-20-43/h2-40,62H,1H3. The number of aryl methyl sites for hydroxylation is 1. The van der Waals surface area contributed by atoms with Crippen molar-refractivity contribution in [2.24, 2.45) is 0 Å². The highest BCUT2D eigenvalue weighted by Crippen LogP contribution is 2.47. The summed E-state index contributed by atoms with van der Waals surface area (Å²) < 4.78 is 2.39. The van der Waals surface area contributed by atoms with E-state index in [4.69, 9.17) is 9.97 Å². The molecule has 1 N–H and O–H groups in total. The largest absolute Gasteiger partial charge is 0.355 e. The number of nitrogens with one attached hydrogen (secondary N) is 1. The maximum atomic E-state index is 5.23. The molecule has 0 atom stereocenters. The summed E-state index contributed by atoms with van der Waals surface area (Å²) >= 11 is 0. The van der Waals surface area contributed by atoms with Crippen molar-refractivity contribution in [1.82, 2.24) is 14.5 Å². The molecule has 5 heteroatoms. The smallest absolute Gasteiger partial charge is 0.160 e. The summed E-state index contributed by atoms with van der Waals surface area (Å²) in [5.41, 5.74) is 19.3. The number of hydrogen-bond donors (Lipinski definition) is 1. The molecule has 0 unspecified atom stereocenters. The zero-order valence-electron chi connectivity index (χ0n) is 36.3. The topological polar surface area (TPSA) is 46.0 Å².